The van der Waals surface area contributed by atoms with E-state index in [1.54, 1.807) is 18.2 Å². The quantitative estimate of drug-likeness (QED) is 0.0491. The van der Waals surface area contributed by atoms with Crippen LogP contribution in [-0.4, -0.2) is 42.2 Å². The fourth-order valence-electron chi connectivity index (χ4n) is 4.66. The number of halogens is 1. The van der Waals surface area contributed by atoms with Crippen molar-refractivity contribution in [3.8, 4) is 5.75 Å². The van der Waals surface area contributed by atoms with Crippen molar-refractivity contribution >= 4 is 27.7 Å². The van der Waals surface area contributed by atoms with Crippen LogP contribution in [0.25, 0.3) is 10.4 Å². The molecule has 0 aromatic heterocycles. The zero-order valence-electron chi connectivity index (χ0n) is 23.1. The molecule has 0 radical (unpaired) electrons. The van der Waals surface area contributed by atoms with Gasteiger partial charge in [0.05, 0.1) is 13.2 Å². The van der Waals surface area contributed by atoms with Gasteiger partial charge in [-0.1, -0.05) is 63.5 Å². The molecule has 11 heteroatoms. The molecule has 3 aromatic carbocycles. The maximum atomic E-state index is 14.0. The Morgan fingerprint density at radius 3 is 2.67 bits per heavy atom. The van der Waals surface area contributed by atoms with E-state index in [-0.39, 0.29) is 25.5 Å². The molecule has 0 saturated heterocycles. The van der Waals surface area contributed by atoms with E-state index in [2.05, 4.69) is 43.4 Å². The lowest BCUT2D eigenvalue weighted by Crippen LogP contribution is -2.53. The van der Waals surface area contributed by atoms with Crippen LogP contribution in [0.15, 0.2) is 100 Å². The van der Waals surface area contributed by atoms with Gasteiger partial charge in [0.1, 0.15) is 5.75 Å². The number of ether oxygens (including phenoxy) is 2. The molecule has 42 heavy (non-hydrogen) atoms. The second kappa shape index (κ2) is 15.2. The smallest absolute Gasteiger partial charge is 0.266 e. The number of aliphatic hydroxyl groups excluding tert-OH is 1. The van der Waals surface area contributed by atoms with Crippen molar-refractivity contribution in [2.75, 3.05) is 19.8 Å². The van der Waals surface area contributed by atoms with Crippen LogP contribution >= 0.6 is 15.9 Å². The Hall–Kier alpha value is -4.15. The van der Waals surface area contributed by atoms with Crippen LogP contribution in [0.3, 0.4) is 0 Å². The number of nitrogens with zero attached hydrogens (tertiary/aromatic N) is 4. The van der Waals surface area contributed by atoms with Crippen molar-refractivity contribution < 1.29 is 19.4 Å². The molecule has 0 fully saturated rings. The third kappa shape index (κ3) is 7.57. The largest absolute Gasteiger partial charge is 0.494 e. The van der Waals surface area contributed by atoms with E-state index in [0.29, 0.717) is 48.8 Å². The number of amides is 1. The van der Waals surface area contributed by atoms with E-state index >= 15 is 0 Å². The Kier molecular flexibility index (Phi) is 11.1. The lowest BCUT2D eigenvalue weighted by atomic mass is 9.83. The fraction of sp³-hybridized carbons (Fsp3) is 0.290. The third-order valence-electron chi connectivity index (χ3n) is 6.78. The van der Waals surface area contributed by atoms with Gasteiger partial charge in [-0.2, -0.15) is 0 Å². The Morgan fingerprint density at radius 1 is 1.19 bits per heavy atom. The summed E-state index contributed by atoms with van der Waals surface area (Å²) in [6, 6.07) is 22.6. The maximum Gasteiger partial charge on any atom is 0.266 e. The number of hydrogen-bond acceptors (Lipinski definition) is 7. The minimum absolute atomic E-state index is 0.0534. The molecule has 0 aliphatic carbocycles. The van der Waals surface area contributed by atoms with Crippen LogP contribution in [0.2, 0.25) is 0 Å². The van der Waals surface area contributed by atoms with Gasteiger partial charge in [-0.3, -0.25) is 10.2 Å². The molecule has 218 valence electrons. The lowest BCUT2D eigenvalue weighted by molar-refractivity contribution is -0.129. The highest BCUT2D eigenvalue weighted by atomic mass is 79.9. The highest BCUT2D eigenvalue weighted by Crippen LogP contribution is 2.44. The summed E-state index contributed by atoms with van der Waals surface area (Å²) in [6.45, 7) is 4.96. The highest BCUT2D eigenvalue weighted by Gasteiger charge is 2.53. The molecule has 1 heterocycles. The highest BCUT2D eigenvalue weighted by molar-refractivity contribution is 9.10. The van der Waals surface area contributed by atoms with Crippen molar-refractivity contribution in [1.29, 1.82) is 0 Å². The number of hydrazine groups is 1. The van der Waals surface area contributed by atoms with Crippen LogP contribution < -0.4 is 15.6 Å². The first kappa shape index (κ1) is 30.8. The van der Waals surface area contributed by atoms with Gasteiger partial charge in [-0.15, -0.1) is 6.58 Å². The summed E-state index contributed by atoms with van der Waals surface area (Å²) in [7, 11) is 0. The van der Waals surface area contributed by atoms with Gasteiger partial charge in [0, 0.05) is 40.9 Å². The number of aliphatic imine (C=N–C) groups is 1. The Bertz CT molecular complexity index is 1440. The predicted octanol–water partition coefficient (Wildman–Crippen LogP) is 5.72. The minimum Gasteiger partial charge on any atom is -0.494 e. The van der Waals surface area contributed by atoms with E-state index in [1.807, 2.05) is 60.7 Å². The number of azide groups is 1. The molecule has 0 bridgehead atoms. The molecule has 1 aliphatic rings. The number of hydrogen-bond donors (Lipinski definition) is 3. The van der Waals surface area contributed by atoms with Crippen molar-refractivity contribution in [1.82, 2.24) is 10.9 Å². The average molecular weight is 634 g/mol. The van der Waals surface area contributed by atoms with Gasteiger partial charge in [0.25, 0.3) is 5.91 Å². The molecule has 2 atom stereocenters. The van der Waals surface area contributed by atoms with E-state index in [9.17, 15) is 4.79 Å². The standard InChI is InChI=1S/C31H33BrN6O4/c1-2-17-31(30(40)37-34-18-16-22-8-12-25(32)13-9-22)28(27-7-4-3-6-24(27)21-35-38-33)42-29(36-31)23-10-14-26(15-11-23)41-20-5-19-39/h2-4,6-15,28,34,39H,1,5,16-21H2,(H,37,40)/t28-,31-/m0/s1. The molecular weight excluding hydrogens is 600 g/mol. The van der Waals surface area contributed by atoms with E-state index in [1.165, 1.54) is 0 Å². The minimum atomic E-state index is -1.38. The fourth-order valence-corrected chi connectivity index (χ4v) is 4.93. The van der Waals surface area contributed by atoms with Crippen LogP contribution in [0, 0.1) is 0 Å². The monoisotopic (exact) mass is 632 g/mol. The summed E-state index contributed by atoms with van der Waals surface area (Å²) in [5, 5.41) is 12.8. The number of aliphatic hydroxyl groups is 1. The van der Waals surface area contributed by atoms with Crippen LogP contribution in [0.5, 0.6) is 5.75 Å². The molecule has 0 unspecified atom stereocenters. The van der Waals surface area contributed by atoms with Crippen molar-refractivity contribution in [3.05, 3.63) is 123 Å². The Balaban J connectivity index is 1.62. The van der Waals surface area contributed by atoms with Crippen LogP contribution in [-0.2, 0) is 22.5 Å². The van der Waals surface area contributed by atoms with Gasteiger partial charge >= 0.3 is 0 Å². The van der Waals surface area contributed by atoms with Crippen molar-refractivity contribution in [3.63, 3.8) is 0 Å². The maximum absolute atomic E-state index is 14.0. The number of carbonyl (C=O) groups is 1. The average Bonchev–Trinajstić information content (AvgIpc) is 3.40. The molecule has 1 amide bonds. The summed E-state index contributed by atoms with van der Waals surface area (Å²) in [5.41, 5.74) is 16.7. The number of benzene rings is 3. The first-order valence-electron chi connectivity index (χ1n) is 13.6. The predicted molar refractivity (Wildman–Crippen MR) is 165 cm³/mol. The van der Waals surface area contributed by atoms with Crippen molar-refractivity contribution in [2.45, 2.75) is 37.5 Å². The SMILES string of the molecule is C=CC[C@]1(C(=O)NNCCc2ccc(Br)cc2)N=C(c2ccc(OCCCO)cc2)O[C@H]1c1ccccc1CN=[N+]=[N-]. The first-order chi connectivity index (χ1) is 20.5. The van der Waals surface area contributed by atoms with Gasteiger partial charge in [0.15, 0.2) is 11.6 Å². The van der Waals surface area contributed by atoms with Gasteiger partial charge in [-0.05, 0) is 65.0 Å². The Labute approximate surface area is 253 Å². The number of carbonyl (C=O) groups excluding carboxylic acids is 1. The molecule has 1 aliphatic heterocycles. The van der Waals surface area contributed by atoms with Crippen LogP contribution in [0.4, 0.5) is 0 Å². The summed E-state index contributed by atoms with van der Waals surface area (Å²) in [5.74, 6) is 0.570. The summed E-state index contributed by atoms with van der Waals surface area (Å²) in [6.07, 6.45) is 2.27. The molecule has 3 aromatic rings. The normalized spacial score (nSPS) is 17.5. The van der Waals surface area contributed by atoms with Crippen LogP contribution in [0.1, 0.15) is 41.2 Å². The summed E-state index contributed by atoms with van der Waals surface area (Å²) >= 11 is 3.44. The van der Waals surface area contributed by atoms with Gasteiger partial charge in [-0.25, -0.2) is 10.4 Å². The number of rotatable bonds is 15. The van der Waals surface area contributed by atoms with E-state index < -0.39 is 11.6 Å². The molecule has 3 N–H and O–H groups in total. The lowest BCUT2D eigenvalue weighted by Gasteiger charge is -2.30. The summed E-state index contributed by atoms with van der Waals surface area (Å²) < 4.78 is 13.1. The van der Waals surface area contributed by atoms with E-state index in [4.69, 9.17) is 25.1 Å². The zero-order chi connectivity index (χ0) is 29.8. The summed E-state index contributed by atoms with van der Waals surface area (Å²) in [4.78, 5) is 21.8. The van der Waals surface area contributed by atoms with E-state index in [0.717, 1.165) is 15.6 Å². The van der Waals surface area contributed by atoms with Crippen molar-refractivity contribution in [2.24, 2.45) is 10.1 Å². The molecule has 10 nitrogen and oxygen atoms in total. The van der Waals surface area contributed by atoms with Gasteiger partial charge < -0.3 is 14.6 Å². The molecular formula is C31H33BrN6O4. The second-order valence-corrected chi connectivity index (χ2v) is 10.5. The Morgan fingerprint density at radius 2 is 1.95 bits per heavy atom. The second-order valence-electron chi connectivity index (χ2n) is 9.63. The third-order valence-corrected chi connectivity index (χ3v) is 7.31. The van der Waals surface area contributed by atoms with Gasteiger partial charge in [0.2, 0.25) is 5.90 Å². The molecule has 0 spiro atoms. The number of nitrogens with one attached hydrogen (secondary N) is 2. The molecule has 0 saturated carbocycles. The zero-order valence-corrected chi connectivity index (χ0v) is 24.7. The molecule has 4 rings (SSSR count). The topological polar surface area (TPSA) is 141 Å². The first-order valence-corrected chi connectivity index (χ1v) is 14.4.